The molecule has 3 fully saturated rings. The Morgan fingerprint density at radius 3 is 0.974 bits per heavy atom. The molecule has 19 nitrogen and oxygen atoms in total. The van der Waals surface area contributed by atoms with Crippen molar-refractivity contribution in [3.63, 3.8) is 0 Å². The maximum atomic E-state index is 13.5. The summed E-state index contributed by atoms with van der Waals surface area (Å²) >= 11 is 0. The minimum atomic E-state index is -1.98. The lowest BCUT2D eigenvalue weighted by molar-refractivity contribution is -0.379. The van der Waals surface area contributed by atoms with Crippen molar-refractivity contribution in [1.29, 1.82) is 0 Å². The normalized spacial score (nSPS) is 24.9. The van der Waals surface area contributed by atoms with Gasteiger partial charge in [0.15, 0.2) is 18.9 Å². The van der Waals surface area contributed by atoms with Gasteiger partial charge >= 0.3 is 0 Å². The second-order valence-electron chi connectivity index (χ2n) is 33.8. The van der Waals surface area contributed by atoms with E-state index in [-0.39, 0.29) is 18.9 Å². The van der Waals surface area contributed by atoms with E-state index in [1.165, 1.54) is 302 Å². The quantitative estimate of drug-likeness (QED) is 0.0199. The number of rotatable bonds is 78. The lowest BCUT2D eigenvalue weighted by Gasteiger charge is -2.48. The van der Waals surface area contributed by atoms with Crippen LogP contribution in [0.25, 0.3) is 0 Å². The van der Waals surface area contributed by atoms with Crippen molar-refractivity contribution < 1.29 is 89.4 Å². The molecule has 17 unspecified atom stereocenters. The Morgan fingerprint density at radius 1 is 0.322 bits per heavy atom. The number of hydrogen-bond donors (Lipinski definition) is 12. The molecule has 19 heteroatoms. The van der Waals surface area contributed by atoms with Gasteiger partial charge in [0.05, 0.1) is 38.6 Å². The molecular weight excluding hydrogens is 1460 g/mol. The van der Waals surface area contributed by atoms with E-state index in [2.05, 4.69) is 79.9 Å². The van der Waals surface area contributed by atoms with Gasteiger partial charge in [-0.1, -0.05) is 395 Å². The summed E-state index contributed by atoms with van der Waals surface area (Å²) in [6.07, 6.45) is 75.1. The van der Waals surface area contributed by atoms with Crippen molar-refractivity contribution in [2.24, 2.45) is 0 Å². The summed E-state index contributed by atoms with van der Waals surface area (Å²) in [7, 11) is 0. The maximum Gasteiger partial charge on any atom is 0.220 e. The van der Waals surface area contributed by atoms with Crippen molar-refractivity contribution >= 4 is 5.91 Å². The Kier molecular flexibility index (Phi) is 69.4. The van der Waals surface area contributed by atoms with Gasteiger partial charge in [0.1, 0.15) is 73.2 Å². The minimum Gasteiger partial charge on any atom is -0.394 e. The first-order valence-corrected chi connectivity index (χ1v) is 47.7. The van der Waals surface area contributed by atoms with Crippen molar-refractivity contribution in [1.82, 2.24) is 5.32 Å². The average molecular weight is 1630 g/mol. The predicted octanol–water partition coefficient (Wildman–Crippen LogP) is 19.1. The molecule has 3 saturated heterocycles. The van der Waals surface area contributed by atoms with Crippen LogP contribution >= 0.6 is 0 Å². The average Bonchev–Trinajstić information content (AvgIpc) is 0.779. The Bertz CT molecular complexity index is 2350. The molecule has 672 valence electrons. The first kappa shape index (κ1) is 106. The van der Waals surface area contributed by atoms with E-state index in [0.717, 1.165) is 64.2 Å². The van der Waals surface area contributed by atoms with Crippen LogP contribution in [0.4, 0.5) is 0 Å². The number of amides is 1. The molecule has 115 heavy (non-hydrogen) atoms. The molecule has 1 amide bonds. The SMILES string of the molecule is CC/C=C\C/C=C\C/C=C\C/C=C\CCCCCCCCCCCCCCCCCCCCCCCCCCCCC(=O)NC(COC1OC(CO)C(OC2OC(CO)C(OC3OC(CO)C(O)C(O)C3O)C(O)C2O)C(O)C1O)C(O)/C=C/CC/C=C/CCCCCCCCCCCCCCCCCCCCCCCCCCC. The second kappa shape index (κ2) is 75.0. The zero-order valence-corrected chi connectivity index (χ0v) is 72.8. The van der Waals surface area contributed by atoms with Gasteiger partial charge in [-0.25, -0.2) is 0 Å². The van der Waals surface area contributed by atoms with Gasteiger partial charge in [0.2, 0.25) is 5.91 Å². The predicted molar refractivity (Wildman–Crippen MR) is 466 cm³/mol. The Morgan fingerprint density at radius 2 is 0.609 bits per heavy atom. The minimum absolute atomic E-state index is 0.238. The van der Waals surface area contributed by atoms with Crippen LogP contribution in [-0.2, 0) is 33.2 Å². The topological polar surface area (TPSA) is 307 Å². The number of ether oxygens (including phenoxy) is 6. The van der Waals surface area contributed by atoms with Gasteiger partial charge in [-0.3, -0.25) is 4.79 Å². The van der Waals surface area contributed by atoms with Crippen molar-refractivity contribution in [3.05, 3.63) is 72.9 Å². The van der Waals surface area contributed by atoms with E-state index in [0.29, 0.717) is 12.8 Å². The van der Waals surface area contributed by atoms with Crippen LogP contribution in [0, 0.1) is 0 Å². The summed E-state index contributed by atoms with van der Waals surface area (Å²) in [5.41, 5.74) is 0. The molecule has 0 radical (unpaired) electrons. The summed E-state index contributed by atoms with van der Waals surface area (Å²) in [5, 5.41) is 121. The van der Waals surface area contributed by atoms with E-state index in [4.69, 9.17) is 28.4 Å². The number of carbonyl (C=O) groups is 1. The second-order valence-corrected chi connectivity index (χ2v) is 33.8. The fourth-order valence-corrected chi connectivity index (χ4v) is 16.0. The number of aliphatic hydroxyl groups excluding tert-OH is 11. The molecule has 12 N–H and O–H groups in total. The summed E-state index contributed by atoms with van der Waals surface area (Å²) in [6, 6.07) is -0.993. The lowest BCUT2D eigenvalue weighted by atomic mass is 9.96. The van der Waals surface area contributed by atoms with E-state index in [1.807, 2.05) is 6.08 Å². The van der Waals surface area contributed by atoms with E-state index < -0.39 is 124 Å². The number of hydrogen-bond acceptors (Lipinski definition) is 18. The van der Waals surface area contributed by atoms with Gasteiger partial charge in [-0.2, -0.15) is 0 Å². The zero-order valence-electron chi connectivity index (χ0n) is 72.8. The molecule has 3 rings (SSSR count). The molecule has 0 aromatic heterocycles. The number of carbonyl (C=O) groups excluding carboxylic acids is 1. The van der Waals surface area contributed by atoms with Crippen LogP contribution in [0.5, 0.6) is 0 Å². The summed E-state index contributed by atoms with van der Waals surface area (Å²) < 4.78 is 34.5. The third kappa shape index (κ3) is 53.0. The number of unbranched alkanes of at least 4 members (excludes halogenated alkanes) is 52. The zero-order chi connectivity index (χ0) is 83.1. The van der Waals surface area contributed by atoms with Crippen molar-refractivity contribution in [3.8, 4) is 0 Å². The summed E-state index contributed by atoms with van der Waals surface area (Å²) in [6.45, 7) is 1.67. The third-order valence-corrected chi connectivity index (χ3v) is 23.5. The van der Waals surface area contributed by atoms with Crippen molar-refractivity contribution in [2.45, 2.75) is 503 Å². The third-order valence-electron chi connectivity index (χ3n) is 23.5. The van der Waals surface area contributed by atoms with Crippen LogP contribution < -0.4 is 5.32 Å². The van der Waals surface area contributed by atoms with E-state index in [9.17, 15) is 61.0 Å². The fourth-order valence-electron chi connectivity index (χ4n) is 16.0. The molecule has 3 aliphatic rings. The maximum absolute atomic E-state index is 13.5. The molecule has 0 aliphatic carbocycles. The van der Waals surface area contributed by atoms with Crippen LogP contribution in [-0.4, -0.2) is 193 Å². The number of aliphatic hydroxyl groups is 11. The molecule has 0 spiro atoms. The molecule has 3 aliphatic heterocycles. The van der Waals surface area contributed by atoms with Crippen LogP contribution in [0.15, 0.2) is 72.9 Å². The molecule has 17 atom stereocenters. The van der Waals surface area contributed by atoms with Gasteiger partial charge in [-0.05, 0) is 70.6 Å². The highest BCUT2D eigenvalue weighted by atomic mass is 16.8. The molecule has 3 heterocycles. The van der Waals surface area contributed by atoms with Gasteiger partial charge in [0, 0.05) is 6.42 Å². The van der Waals surface area contributed by atoms with Gasteiger partial charge < -0.3 is 89.9 Å². The van der Waals surface area contributed by atoms with Gasteiger partial charge in [0.25, 0.3) is 0 Å². The molecule has 0 bridgehead atoms. The smallest absolute Gasteiger partial charge is 0.220 e. The molecule has 0 aromatic rings. The highest BCUT2D eigenvalue weighted by Crippen LogP contribution is 2.34. The highest BCUT2D eigenvalue weighted by molar-refractivity contribution is 5.76. The van der Waals surface area contributed by atoms with Crippen LogP contribution in [0.2, 0.25) is 0 Å². The first-order valence-electron chi connectivity index (χ1n) is 47.7. The number of allylic oxidation sites excluding steroid dienone is 11. The number of nitrogens with one attached hydrogen (secondary N) is 1. The van der Waals surface area contributed by atoms with E-state index in [1.54, 1.807) is 6.08 Å². The fraction of sp³-hybridized carbons (Fsp3) is 0.865. The van der Waals surface area contributed by atoms with Crippen molar-refractivity contribution in [2.75, 3.05) is 26.4 Å². The van der Waals surface area contributed by atoms with Gasteiger partial charge in [-0.15, -0.1) is 0 Å². The Hall–Kier alpha value is -2.77. The monoisotopic (exact) mass is 1630 g/mol. The lowest BCUT2D eigenvalue weighted by Crippen LogP contribution is -2.66. The molecular formula is C96H175NO18. The van der Waals surface area contributed by atoms with Crippen LogP contribution in [0.1, 0.15) is 399 Å². The largest absolute Gasteiger partial charge is 0.394 e. The Balaban J connectivity index is 1.30. The van der Waals surface area contributed by atoms with E-state index >= 15 is 0 Å². The summed E-state index contributed by atoms with van der Waals surface area (Å²) in [4.78, 5) is 13.5. The summed E-state index contributed by atoms with van der Waals surface area (Å²) in [5.74, 6) is -0.278. The van der Waals surface area contributed by atoms with Crippen LogP contribution in [0.3, 0.4) is 0 Å². The first-order chi connectivity index (χ1) is 56.3. The molecule has 0 saturated carbocycles. The highest BCUT2D eigenvalue weighted by Gasteiger charge is 2.54. The molecule has 0 aromatic carbocycles. The standard InChI is InChI=1S/C96H175NO18/c1-3-5-7-9-11-13-15-17-19-21-23-25-27-29-31-33-35-36-37-38-39-40-41-42-44-46-48-50-52-54-56-58-60-62-64-66-68-70-72-74-84(102)97-79(80(101)73-71-69-67-65-63-61-59-57-55-53-51-49-47-45-43-34-32-30-28-26-24-22-20-18-16-14-12-10-8-6-4-2)78-110-94-90(108)87(105)92(82(76-99)112-94)115-96-91(109)88(106)93(83(77-100)113-96)114-95-89(107)86(104)85(103)81(75-98)111-95/h5,7,11,13,17,19,23,25,63,65,71,73,79-83,85-96,98-101,103-109H,3-4,6,8-10,12,14-16,18,20-22,24,26-62,64,66-70,72,74-78H2,1-2H3,(H,97,102)/b7-5-,13-11-,19-17-,25-23-,65-63+,73-71+. The Labute approximate surface area is 699 Å².